The Morgan fingerprint density at radius 3 is 1.58 bits per heavy atom. The van der Waals surface area contributed by atoms with Crippen LogP contribution in [0.2, 0.25) is 10.0 Å². The molecule has 0 aliphatic carbocycles. The van der Waals surface area contributed by atoms with Gasteiger partial charge in [0.15, 0.2) is 11.6 Å². The summed E-state index contributed by atoms with van der Waals surface area (Å²) in [5, 5.41) is 63.5. The van der Waals surface area contributed by atoms with E-state index in [9.17, 15) is 87.8 Å². The molecule has 2 heterocycles. The van der Waals surface area contributed by atoms with Crippen molar-refractivity contribution < 1.29 is 76.0 Å². The average Bonchev–Trinajstić information content (AvgIpc) is 1.25. The smallest absolute Gasteiger partial charge is 0.273 e. The molecular weight excluding hydrogens is 2160 g/mol. The number of carbonyl (C=O) groups is 6. The molecule has 14 rings (SSSR count). The summed E-state index contributed by atoms with van der Waals surface area (Å²) in [6.07, 6.45) is 4.01. The predicted octanol–water partition coefficient (Wildman–Crippen LogP) is 23.6. The molecule has 2 aliphatic rings. The lowest BCUT2D eigenvalue weighted by Gasteiger charge is -2.30. The van der Waals surface area contributed by atoms with E-state index in [0.717, 1.165) is 87.4 Å². The normalized spacial score (nSPS) is 11.8. The first-order valence-electron chi connectivity index (χ1n) is 42.2. The van der Waals surface area contributed by atoms with Crippen LogP contribution in [0.25, 0.3) is 0 Å². The van der Waals surface area contributed by atoms with Crippen LogP contribution < -0.4 is 39.9 Å². The fraction of sp³-hybridized carbons (Fsp3) is 0.212. The summed E-state index contributed by atoms with van der Waals surface area (Å²) in [7, 11) is -2.40. The standard InChI is InChI=1S/C22H25NO3.C19H20N2O5.2C16H15IN2O3.C14H11IN2O3.C12H8Cl2N2O4S/c1-2-3-15-26-20-12-8-18(9-13-20)21(24)16-17-6-10-19(11-7-17)23-14-4-5-22(23)25;1-13-11-18(20-7-9-26-10-8-20)16(12-17(13)21(23)24)19(22)14-3-5-15(25-2)6-4-14;1-9-4-5-12(8-15(9)19(21)22)16(20)18-14-7-10(2)13(17)6-11(14)3;1-9-8-14(10(2)7-13(9)17)18-16(20)12-5-4-6-15(11(12)3)19(21)22;1-9-7-11(5-6-13(9)15)16-14(18)10-3-2-4-12(8-10)17(19)20;13-11-5-4-8(6-12(11)14)15-21(19,20)10-3-1-2-9(7-10)16(17)18/h6-13H,2-5,14-16H2,1H3;3-6,11-12H,7-10H2,1-2H3;2*4-8H,1-3H3,(H,18,20);2-8H,1H3,(H,16,18);1-7,15H. The van der Waals surface area contributed by atoms with Gasteiger partial charge in [-0.15, -0.1) is 0 Å². The predicted molar refractivity (Wildman–Crippen MR) is 554 cm³/mol. The molecule has 4 N–H and O–H groups in total. The number of ether oxygens (including phenoxy) is 3. The zero-order valence-electron chi connectivity index (χ0n) is 75.7. The minimum atomic E-state index is -3.96. The molecule has 38 heteroatoms. The number of anilines is 6. The Kier molecular flexibility index (Phi) is 39.6. The number of rotatable bonds is 26. The number of morpholine rings is 1. The van der Waals surface area contributed by atoms with E-state index in [-0.39, 0.29) is 95.4 Å². The minimum absolute atomic E-state index is 0.0526. The first kappa shape index (κ1) is 107. The van der Waals surface area contributed by atoms with Gasteiger partial charge >= 0.3 is 0 Å². The fourth-order valence-corrected chi connectivity index (χ4v) is 16.5. The highest BCUT2D eigenvalue weighted by Crippen LogP contribution is 2.35. The summed E-state index contributed by atoms with van der Waals surface area (Å²) in [6, 6.07) is 61.8. The first-order chi connectivity index (χ1) is 65.0. The first-order valence-corrected chi connectivity index (χ1v) is 47.7. The van der Waals surface area contributed by atoms with Gasteiger partial charge in [-0.25, -0.2) is 8.42 Å². The second kappa shape index (κ2) is 50.5. The molecule has 0 bridgehead atoms. The number of nitro groups is 5. The van der Waals surface area contributed by atoms with Gasteiger partial charge in [0.25, 0.3) is 56.2 Å². The molecule has 0 radical (unpaired) electrons. The summed E-state index contributed by atoms with van der Waals surface area (Å²) >= 11 is 18.2. The maximum atomic E-state index is 13.1. The van der Waals surface area contributed by atoms with Gasteiger partial charge < -0.3 is 40.0 Å². The van der Waals surface area contributed by atoms with E-state index >= 15 is 0 Å². The molecule has 12 aromatic carbocycles. The van der Waals surface area contributed by atoms with Gasteiger partial charge in [-0.3, -0.25) is 84.1 Å². The number of Topliss-reactive ketones (excluding diaryl/α,β-unsaturated/α-hetero) is 1. The lowest BCUT2D eigenvalue weighted by molar-refractivity contribution is -0.385. The zero-order chi connectivity index (χ0) is 100. The fourth-order valence-electron chi connectivity index (χ4n) is 13.6. The maximum absolute atomic E-state index is 13.1. The number of unbranched alkanes of at least 4 members (excludes halogenated alkanes) is 1. The summed E-state index contributed by atoms with van der Waals surface area (Å²) < 4.78 is 46.1. The zero-order valence-corrected chi connectivity index (χ0v) is 84.5. The van der Waals surface area contributed by atoms with Crippen molar-refractivity contribution in [3.8, 4) is 11.5 Å². The summed E-state index contributed by atoms with van der Waals surface area (Å²) in [6.45, 7) is 20.6. The van der Waals surface area contributed by atoms with E-state index in [0.29, 0.717) is 113 Å². The van der Waals surface area contributed by atoms with Crippen LogP contribution in [0.15, 0.2) is 235 Å². The van der Waals surface area contributed by atoms with E-state index in [1.165, 1.54) is 78.9 Å². The van der Waals surface area contributed by atoms with Gasteiger partial charge in [-0.2, -0.15) is 0 Å². The number of nitrogens with one attached hydrogen (secondary N) is 4. The second-order valence-corrected chi connectivity index (χ2v) is 37.1. The van der Waals surface area contributed by atoms with E-state index in [2.05, 4.69) is 95.4 Å². The number of aryl methyl sites for hydroxylation is 7. The second-order valence-electron chi connectivity index (χ2n) is 31.1. The van der Waals surface area contributed by atoms with Crippen molar-refractivity contribution in [1.29, 1.82) is 0 Å². The number of methoxy groups -OCH3 is 1. The molecule has 0 aromatic heterocycles. The summed E-state index contributed by atoms with van der Waals surface area (Å²) in [5.74, 6) is 0.382. The van der Waals surface area contributed by atoms with Crippen LogP contribution in [0.4, 0.5) is 62.6 Å². The largest absolute Gasteiger partial charge is 0.497 e. The Morgan fingerprint density at radius 1 is 0.474 bits per heavy atom. The third kappa shape index (κ3) is 30.6. The van der Waals surface area contributed by atoms with E-state index in [1.807, 2.05) is 129 Å². The van der Waals surface area contributed by atoms with Gasteiger partial charge in [0.05, 0.1) is 77.7 Å². The third-order valence-corrected chi connectivity index (χ3v) is 26.9. The lowest BCUT2D eigenvalue weighted by atomic mass is 9.98. The van der Waals surface area contributed by atoms with Gasteiger partial charge in [0, 0.05) is 159 Å². The molecule has 0 unspecified atom stereocenters. The number of carbonyl (C=O) groups excluding carboxylic acids is 6. The van der Waals surface area contributed by atoms with Crippen LogP contribution in [-0.2, 0) is 26.0 Å². The summed E-state index contributed by atoms with van der Waals surface area (Å²) in [5.41, 5.74) is 13.1. The van der Waals surface area contributed by atoms with Crippen LogP contribution >= 0.6 is 91.0 Å². The van der Waals surface area contributed by atoms with Gasteiger partial charge in [-0.05, 0) is 321 Å². The molecule has 2 saturated heterocycles. The van der Waals surface area contributed by atoms with Crippen LogP contribution in [0, 0.1) is 117 Å². The monoisotopic (exact) mass is 2260 g/mol. The topological polar surface area (TPSA) is 435 Å². The minimum Gasteiger partial charge on any atom is -0.497 e. The molecular formula is C99H94Cl2I3N11O21S. The van der Waals surface area contributed by atoms with E-state index in [4.69, 9.17) is 37.4 Å². The Balaban J connectivity index is 0.000000185. The number of amides is 4. The Labute approximate surface area is 840 Å². The summed E-state index contributed by atoms with van der Waals surface area (Å²) in [4.78, 5) is 130. The number of hydrogen-bond acceptors (Lipinski definition) is 22. The molecule has 0 atom stereocenters. The molecule has 2 fully saturated rings. The molecule has 32 nitrogen and oxygen atoms in total. The number of nitrogens with zero attached hydrogens (tertiary/aromatic N) is 7. The van der Waals surface area contributed by atoms with Gasteiger partial charge in [0.1, 0.15) is 11.5 Å². The van der Waals surface area contributed by atoms with Crippen molar-refractivity contribution in [2.24, 2.45) is 0 Å². The van der Waals surface area contributed by atoms with Crippen molar-refractivity contribution in [1.82, 2.24) is 0 Å². The Bertz CT molecular complexity index is 6660. The molecule has 712 valence electrons. The Morgan fingerprint density at radius 2 is 1.01 bits per heavy atom. The van der Waals surface area contributed by atoms with Crippen LogP contribution in [-0.4, -0.2) is 115 Å². The maximum Gasteiger partial charge on any atom is 0.273 e. The van der Waals surface area contributed by atoms with Crippen molar-refractivity contribution in [3.05, 3.63) is 385 Å². The molecule has 0 spiro atoms. The van der Waals surface area contributed by atoms with Crippen LogP contribution in [0.5, 0.6) is 11.5 Å². The highest BCUT2D eigenvalue weighted by Gasteiger charge is 2.28. The highest BCUT2D eigenvalue weighted by atomic mass is 127. The van der Waals surface area contributed by atoms with Crippen molar-refractivity contribution in [2.45, 2.75) is 99.3 Å². The number of ketones is 2. The third-order valence-electron chi connectivity index (χ3n) is 21.3. The number of halogens is 5. The van der Waals surface area contributed by atoms with Crippen molar-refractivity contribution in [2.75, 3.05) is 77.0 Å². The van der Waals surface area contributed by atoms with E-state index in [1.54, 1.807) is 88.5 Å². The SMILES string of the molecule is CCCCOc1ccc(C(=O)Cc2ccc(N3CCCC3=O)cc2)cc1.COc1ccc(C(=O)c2cc([N+](=O)[O-])c(C)cc2N2CCOCC2)cc1.Cc1cc(NC(=O)c2ccc(C)c([N+](=O)[O-])c2)c(C)cc1I.Cc1cc(NC(=O)c2cccc([N+](=O)[O-])c2)ccc1I.Cc1cc(NC(=O)c2cccc([N+](=O)[O-])c2C)c(C)cc1I.O=[N+]([O-])c1cccc(S(=O)(=O)Nc2ccc(Cl)c(Cl)c2)c1. The lowest BCUT2D eigenvalue weighted by Crippen LogP contribution is -2.37. The van der Waals surface area contributed by atoms with Gasteiger partial charge in [-0.1, -0.05) is 72.9 Å². The molecule has 137 heavy (non-hydrogen) atoms. The van der Waals surface area contributed by atoms with Crippen LogP contribution in [0.1, 0.15) is 140 Å². The van der Waals surface area contributed by atoms with Crippen LogP contribution in [0.3, 0.4) is 0 Å². The van der Waals surface area contributed by atoms with Crippen molar-refractivity contribution in [3.63, 3.8) is 0 Å². The molecule has 4 amide bonds. The van der Waals surface area contributed by atoms with Crippen molar-refractivity contribution >= 4 is 199 Å². The molecule has 2 aliphatic heterocycles. The highest BCUT2D eigenvalue weighted by molar-refractivity contribution is 14.1. The van der Waals surface area contributed by atoms with Gasteiger partial charge in [0.2, 0.25) is 5.91 Å². The molecule has 0 saturated carbocycles. The number of benzene rings is 12. The number of nitro benzene ring substituents is 5. The number of non-ortho nitro benzene ring substituents is 2. The molecule has 12 aromatic rings. The quantitative estimate of drug-likeness (QED) is 0.0129. The number of sulfonamides is 1. The Hall–Kier alpha value is -13.3. The van der Waals surface area contributed by atoms with E-state index < -0.39 is 34.6 Å². The average molecular weight is 2260 g/mol. The number of hydrogen-bond donors (Lipinski definition) is 4.